The lowest BCUT2D eigenvalue weighted by atomic mass is 9.83. The van der Waals surface area contributed by atoms with Gasteiger partial charge in [-0.25, -0.2) is 0 Å². The minimum absolute atomic E-state index is 0.101. The third-order valence-corrected chi connectivity index (χ3v) is 4.67. The molecule has 2 nitrogen and oxygen atoms in total. The van der Waals surface area contributed by atoms with Crippen LogP contribution in [-0.4, -0.2) is 0 Å². The average molecular weight is 301 g/mol. The van der Waals surface area contributed by atoms with Crippen LogP contribution in [0.3, 0.4) is 0 Å². The van der Waals surface area contributed by atoms with Gasteiger partial charge in [-0.15, -0.1) is 0 Å². The van der Waals surface area contributed by atoms with Crippen molar-refractivity contribution in [1.82, 2.24) is 5.43 Å². The van der Waals surface area contributed by atoms with Gasteiger partial charge in [0.2, 0.25) is 0 Å². The van der Waals surface area contributed by atoms with Crippen LogP contribution in [0.4, 0.5) is 0 Å². The molecule has 19 heavy (non-hydrogen) atoms. The number of nitrogens with two attached hydrogens (primary N) is 1. The van der Waals surface area contributed by atoms with Crippen LogP contribution in [0.1, 0.15) is 56.6 Å². The second-order valence-electron chi connectivity index (χ2n) is 5.42. The fourth-order valence-electron chi connectivity index (χ4n) is 3.05. The van der Waals surface area contributed by atoms with Gasteiger partial charge in [-0.2, -0.15) is 0 Å². The number of hydrazine groups is 1. The SMILES string of the molecule is NNC(c1cc(Cl)ccc1Cl)C1CCCCCCC1. The van der Waals surface area contributed by atoms with Crippen molar-refractivity contribution in [3.8, 4) is 0 Å². The molecular weight excluding hydrogens is 279 g/mol. The molecule has 1 atom stereocenters. The summed E-state index contributed by atoms with van der Waals surface area (Å²) in [4.78, 5) is 0. The molecular formula is C15H22Cl2N2. The van der Waals surface area contributed by atoms with Crippen LogP contribution < -0.4 is 11.3 Å². The van der Waals surface area contributed by atoms with E-state index in [4.69, 9.17) is 29.0 Å². The van der Waals surface area contributed by atoms with Gasteiger partial charge in [-0.1, -0.05) is 55.3 Å². The van der Waals surface area contributed by atoms with E-state index in [1.807, 2.05) is 18.2 Å². The highest BCUT2D eigenvalue weighted by Crippen LogP contribution is 2.36. The smallest absolute Gasteiger partial charge is 0.0503 e. The first kappa shape index (κ1) is 15.1. The van der Waals surface area contributed by atoms with E-state index in [0.29, 0.717) is 10.9 Å². The van der Waals surface area contributed by atoms with Gasteiger partial charge in [0, 0.05) is 10.0 Å². The zero-order valence-corrected chi connectivity index (χ0v) is 12.7. The molecule has 0 spiro atoms. The summed E-state index contributed by atoms with van der Waals surface area (Å²) in [6, 6.07) is 5.71. The minimum Gasteiger partial charge on any atom is -0.271 e. The molecule has 1 aliphatic carbocycles. The quantitative estimate of drug-likeness (QED) is 0.618. The lowest BCUT2D eigenvalue weighted by Crippen LogP contribution is -2.34. The first-order chi connectivity index (χ1) is 9.22. The van der Waals surface area contributed by atoms with Gasteiger partial charge >= 0.3 is 0 Å². The highest BCUT2D eigenvalue weighted by Gasteiger charge is 2.24. The molecule has 0 amide bonds. The van der Waals surface area contributed by atoms with Crippen molar-refractivity contribution in [2.24, 2.45) is 11.8 Å². The molecule has 0 radical (unpaired) electrons. The van der Waals surface area contributed by atoms with Crippen LogP contribution in [-0.2, 0) is 0 Å². The van der Waals surface area contributed by atoms with E-state index in [1.165, 1.54) is 44.9 Å². The van der Waals surface area contributed by atoms with Gasteiger partial charge in [-0.3, -0.25) is 11.3 Å². The Balaban J connectivity index is 2.19. The van der Waals surface area contributed by atoms with Crippen LogP contribution in [0.5, 0.6) is 0 Å². The van der Waals surface area contributed by atoms with Crippen molar-refractivity contribution in [2.75, 3.05) is 0 Å². The first-order valence-corrected chi connectivity index (χ1v) is 7.89. The molecule has 1 unspecified atom stereocenters. The van der Waals surface area contributed by atoms with Crippen LogP contribution in [0, 0.1) is 5.92 Å². The number of nitrogens with one attached hydrogen (secondary N) is 1. The Hall–Kier alpha value is -0.280. The van der Waals surface area contributed by atoms with E-state index in [2.05, 4.69) is 5.43 Å². The molecule has 1 saturated carbocycles. The van der Waals surface area contributed by atoms with Gasteiger partial charge < -0.3 is 0 Å². The molecule has 0 bridgehead atoms. The molecule has 0 aromatic heterocycles. The summed E-state index contributed by atoms with van der Waals surface area (Å²) >= 11 is 12.4. The lowest BCUT2D eigenvalue weighted by molar-refractivity contribution is 0.291. The Morgan fingerprint density at radius 1 is 1.05 bits per heavy atom. The molecule has 1 fully saturated rings. The standard InChI is InChI=1S/C15H22Cl2N2/c16-12-8-9-14(17)13(10-12)15(19-18)11-6-4-2-1-3-5-7-11/h8-11,15,19H,1-7,18H2. The fraction of sp³-hybridized carbons (Fsp3) is 0.600. The van der Waals surface area contributed by atoms with Gasteiger partial charge in [0.1, 0.15) is 0 Å². The fourth-order valence-corrected chi connectivity index (χ4v) is 3.47. The number of hydrogen-bond donors (Lipinski definition) is 2. The van der Waals surface area contributed by atoms with Crippen LogP contribution in [0.25, 0.3) is 0 Å². The van der Waals surface area contributed by atoms with Crippen LogP contribution in [0.2, 0.25) is 10.0 Å². The zero-order chi connectivity index (χ0) is 13.7. The molecule has 2 rings (SSSR count). The maximum absolute atomic E-state index is 6.31. The third kappa shape index (κ3) is 4.09. The van der Waals surface area contributed by atoms with Crippen molar-refractivity contribution in [2.45, 2.75) is 51.0 Å². The molecule has 0 heterocycles. The van der Waals surface area contributed by atoms with Crippen LogP contribution in [0.15, 0.2) is 18.2 Å². The van der Waals surface area contributed by atoms with E-state index in [1.54, 1.807) is 0 Å². The summed E-state index contributed by atoms with van der Waals surface area (Å²) in [6.45, 7) is 0. The van der Waals surface area contributed by atoms with E-state index in [0.717, 1.165) is 10.6 Å². The molecule has 1 aliphatic rings. The number of benzene rings is 1. The Morgan fingerprint density at radius 3 is 2.32 bits per heavy atom. The molecule has 4 heteroatoms. The average Bonchev–Trinajstić information content (AvgIpc) is 2.36. The lowest BCUT2D eigenvalue weighted by Gasteiger charge is -2.29. The highest BCUT2D eigenvalue weighted by atomic mass is 35.5. The topological polar surface area (TPSA) is 38.0 Å². The number of rotatable bonds is 3. The molecule has 1 aromatic rings. The predicted octanol–water partition coefficient (Wildman–Crippen LogP) is 4.86. The first-order valence-electron chi connectivity index (χ1n) is 7.13. The summed E-state index contributed by atoms with van der Waals surface area (Å²) < 4.78 is 0. The Morgan fingerprint density at radius 2 is 1.68 bits per heavy atom. The van der Waals surface area contributed by atoms with Crippen LogP contribution >= 0.6 is 23.2 Å². The monoisotopic (exact) mass is 300 g/mol. The minimum atomic E-state index is 0.101. The second kappa shape index (κ2) is 7.49. The van der Waals surface area contributed by atoms with E-state index in [9.17, 15) is 0 Å². The van der Waals surface area contributed by atoms with Gasteiger partial charge in [0.25, 0.3) is 0 Å². The van der Waals surface area contributed by atoms with Crippen molar-refractivity contribution in [1.29, 1.82) is 0 Å². The second-order valence-corrected chi connectivity index (χ2v) is 6.26. The number of hydrogen-bond acceptors (Lipinski definition) is 2. The van der Waals surface area contributed by atoms with E-state index < -0.39 is 0 Å². The molecule has 3 N–H and O–H groups in total. The predicted molar refractivity (Wildman–Crippen MR) is 82.3 cm³/mol. The Bertz CT molecular complexity index is 401. The summed E-state index contributed by atoms with van der Waals surface area (Å²) in [6.07, 6.45) is 9.00. The van der Waals surface area contributed by atoms with Crippen molar-refractivity contribution in [3.63, 3.8) is 0 Å². The van der Waals surface area contributed by atoms with Gasteiger partial charge in [0.15, 0.2) is 0 Å². The third-order valence-electron chi connectivity index (χ3n) is 4.09. The summed E-state index contributed by atoms with van der Waals surface area (Å²) in [5, 5.41) is 1.46. The maximum Gasteiger partial charge on any atom is 0.0503 e. The van der Waals surface area contributed by atoms with Gasteiger partial charge in [-0.05, 0) is 42.5 Å². The maximum atomic E-state index is 6.31. The van der Waals surface area contributed by atoms with Crippen molar-refractivity contribution in [3.05, 3.63) is 33.8 Å². The molecule has 106 valence electrons. The normalized spacial score (nSPS) is 19.7. The summed E-state index contributed by atoms with van der Waals surface area (Å²) in [5.41, 5.74) is 3.99. The Labute approximate surface area is 125 Å². The largest absolute Gasteiger partial charge is 0.271 e. The molecule has 0 aliphatic heterocycles. The van der Waals surface area contributed by atoms with Crippen molar-refractivity contribution >= 4 is 23.2 Å². The van der Waals surface area contributed by atoms with E-state index >= 15 is 0 Å². The summed E-state index contributed by atoms with van der Waals surface area (Å²) in [7, 11) is 0. The molecule has 0 saturated heterocycles. The molecule has 1 aromatic carbocycles. The highest BCUT2D eigenvalue weighted by molar-refractivity contribution is 6.33. The van der Waals surface area contributed by atoms with Crippen molar-refractivity contribution < 1.29 is 0 Å². The van der Waals surface area contributed by atoms with E-state index in [-0.39, 0.29) is 6.04 Å². The van der Waals surface area contributed by atoms with Gasteiger partial charge in [0.05, 0.1) is 6.04 Å². The Kier molecular flexibility index (Phi) is 5.96. The summed E-state index contributed by atoms with van der Waals surface area (Å²) in [5.74, 6) is 6.34. The number of halogens is 2. The zero-order valence-electron chi connectivity index (χ0n) is 11.2.